The highest BCUT2D eigenvalue weighted by Crippen LogP contribution is 2.31. The fourth-order valence-electron chi connectivity index (χ4n) is 3.31. The molecule has 1 unspecified atom stereocenters. The first-order valence-corrected chi connectivity index (χ1v) is 11.6. The van der Waals surface area contributed by atoms with E-state index in [1.54, 1.807) is 16.0 Å². The van der Waals surface area contributed by atoms with E-state index in [2.05, 4.69) is 69.3 Å². The topological polar surface area (TPSA) is 0 Å². The normalized spacial score (nSPS) is 12.3. The summed E-state index contributed by atoms with van der Waals surface area (Å²) in [5.41, 5.74) is 3.28. The minimum atomic E-state index is 0.218. The van der Waals surface area contributed by atoms with E-state index in [4.69, 9.17) is 0 Å². The van der Waals surface area contributed by atoms with E-state index in [1.807, 2.05) is 0 Å². The van der Waals surface area contributed by atoms with E-state index in [0.29, 0.717) is 0 Å². The summed E-state index contributed by atoms with van der Waals surface area (Å²) in [4.78, 5) is 3.14. The van der Waals surface area contributed by atoms with Gasteiger partial charge in [-0.25, -0.2) is 0 Å². The monoisotopic (exact) mass is 355 g/mol. The number of rotatable bonds is 11. The van der Waals surface area contributed by atoms with Gasteiger partial charge in [-0.05, 0) is 55.9 Å². The van der Waals surface area contributed by atoms with Crippen LogP contribution in [0.3, 0.4) is 0 Å². The fraction of sp³-hybridized carbons (Fsp3) is 0.500. The molecular weight excluding hydrogens is 320 g/mol. The van der Waals surface area contributed by atoms with Crippen LogP contribution in [0.5, 0.6) is 0 Å². The van der Waals surface area contributed by atoms with Crippen LogP contribution in [-0.2, 0) is 23.7 Å². The molecular formula is C24H35S+. The lowest BCUT2D eigenvalue weighted by atomic mass is 9.98. The van der Waals surface area contributed by atoms with Crippen molar-refractivity contribution in [3.05, 3.63) is 59.7 Å². The summed E-state index contributed by atoms with van der Waals surface area (Å²) in [6.45, 7) is 6.91. The van der Waals surface area contributed by atoms with Crippen molar-refractivity contribution in [2.45, 2.75) is 81.9 Å². The maximum Gasteiger partial charge on any atom is 0.164 e. The standard InChI is InChI=1S/C24H35S/c1-4-7-14-21-15-13-19-24(23(21)18-8-5-2)25(20-9-6-3)22-16-11-10-12-17-22/h10-13,15-17,19H,4-9,14,18,20H2,1-3H3/q+1. The summed E-state index contributed by atoms with van der Waals surface area (Å²) >= 11 is 0. The Labute approximate surface area is 158 Å². The Morgan fingerprint density at radius 3 is 2.04 bits per heavy atom. The molecule has 0 amide bonds. The zero-order valence-electron chi connectivity index (χ0n) is 16.4. The molecule has 0 aromatic heterocycles. The van der Waals surface area contributed by atoms with Crippen LogP contribution in [0.4, 0.5) is 0 Å². The molecule has 2 rings (SSSR count). The molecule has 2 aromatic carbocycles. The molecule has 2 aromatic rings. The van der Waals surface area contributed by atoms with Crippen molar-refractivity contribution in [1.29, 1.82) is 0 Å². The molecule has 0 saturated heterocycles. The van der Waals surface area contributed by atoms with Gasteiger partial charge < -0.3 is 0 Å². The highest BCUT2D eigenvalue weighted by Gasteiger charge is 2.28. The van der Waals surface area contributed by atoms with Gasteiger partial charge in [0.05, 0.1) is 10.9 Å². The summed E-state index contributed by atoms with van der Waals surface area (Å²) < 4.78 is 0. The fourth-order valence-corrected chi connectivity index (χ4v) is 5.85. The minimum absolute atomic E-state index is 0.218. The number of hydrogen-bond donors (Lipinski definition) is 0. The molecule has 0 aliphatic heterocycles. The molecule has 136 valence electrons. The molecule has 0 nitrogen and oxygen atoms in total. The van der Waals surface area contributed by atoms with Crippen LogP contribution < -0.4 is 0 Å². The van der Waals surface area contributed by atoms with Crippen LogP contribution in [0.25, 0.3) is 0 Å². The SMILES string of the molecule is CCCCc1cccc([S+](CCCC)c2ccccc2)c1CCCC. The Morgan fingerprint density at radius 2 is 1.36 bits per heavy atom. The van der Waals surface area contributed by atoms with E-state index in [0.717, 1.165) is 0 Å². The maximum atomic E-state index is 2.42. The van der Waals surface area contributed by atoms with Crippen molar-refractivity contribution in [2.24, 2.45) is 0 Å². The number of benzene rings is 2. The van der Waals surface area contributed by atoms with E-state index in [-0.39, 0.29) is 10.9 Å². The number of aryl methyl sites for hydroxylation is 1. The lowest BCUT2D eigenvalue weighted by Crippen LogP contribution is -2.13. The van der Waals surface area contributed by atoms with E-state index < -0.39 is 0 Å². The minimum Gasteiger partial charge on any atom is -0.0654 e. The smallest absolute Gasteiger partial charge is 0.0654 e. The molecule has 0 bridgehead atoms. The van der Waals surface area contributed by atoms with E-state index in [1.165, 1.54) is 62.0 Å². The first-order chi connectivity index (χ1) is 12.3. The van der Waals surface area contributed by atoms with Crippen LogP contribution in [0.2, 0.25) is 0 Å². The second kappa shape index (κ2) is 11.4. The molecule has 0 saturated carbocycles. The van der Waals surface area contributed by atoms with Crippen molar-refractivity contribution in [2.75, 3.05) is 5.75 Å². The number of hydrogen-bond acceptors (Lipinski definition) is 0. The molecule has 0 heterocycles. The Hall–Kier alpha value is -1.21. The van der Waals surface area contributed by atoms with Gasteiger partial charge in [0.15, 0.2) is 9.79 Å². The summed E-state index contributed by atoms with van der Waals surface area (Å²) in [5.74, 6) is 1.29. The maximum absolute atomic E-state index is 2.42. The van der Waals surface area contributed by atoms with Gasteiger partial charge >= 0.3 is 0 Å². The van der Waals surface area contributed by atoms with E-state index >= 15 is 0 Å². The quantitative estimate of drug-likeness (QED) is 0.374. The molecule has 0 fully saturated rings. The third kappa shape index (κ3) is 5.92. The average molecular weight is 356 g/mol. The van der Waals surface area contributed by atoms with Crippen molar-refractivity contribution < 1.29 is 0 Å². The first kappa shape index (κ1) is 20.1. The van der Waals surface area contributed by atoms with Crippen molar-refractivity contribution in [3.8, 4) is 0 Å². The van der Waals surface area contributed by atoms with Crippen molar-refractivity contribution >= 4 is 10.9 Å². The van der Waals surface area contributed by atoms with E-state index in [9.17, 15) is 0 Å². The Balaban J connectivity index is 2.43. The molecule has 25 heavy (non-hydrogen) atoms. The lowest BCUT2D eigenvalue weighted by Gasteiger charge is -2.16. The average Bonchev–Trinajstić information content (AvgIpc) is 2.66. The van der Waals surface area contributed by atoms with Gasteiger partial charge in [0, 0.05) is 5.56 Å². The zero-order chi connectivity index (χ0) is 17.9. The van der Waals surface area contributed by atoms with Crippen LogP contribution in [-0.4, -0.2) is 5.75 Å². The molecule has 0 radical (unpaired) electrons. The molecule has 0 spiro atoms. The molecule has 0 N–H and O–H groups in total. The van der Waals surface area contributed by atoms with Crippen LogP contribution in [0.15, 0.2) is 58.3 Å². The predicted octanol–water partition coefficient (Wildman–Crippen LogP) is 7.21. The van der Waals surface area contributed by atoms with Gasteiger partial charge in [0.1, 0.15) is 5.75 Å². The summed E-state index contributed by atoms with van der Waals surface area (Å²) in [7, 11) is 0.218. The number of unbranched alkanes of at least 4 members (excludes halogenated alkanes) is 3. The Kier molecular flexibility index (Phi) is 9.18. The molecule has 0 aliphatic rings. The van der Waals surface area contributed by atoms with Gasteiger partial charge in [-0.2, -0.15) is 0 Å². The molecule has 1 atom stereocenters. The van der Waals surface area contributed by atoms with Crippen molar-refractivity contribution in [1.82, 2.24) is 0 Å². The summed E-state index contributed by atoms with van der Waals surface area (Å²) in [6, 6.07) is 18.3. The van der Waals surface area contributed by atoms with Gasteiger partial charge in [0.2, 0.25) is 0 Å². The molecule has 0 aliphatic carbocycles. The Bertz CT molecular complexity index is 603. The zero-order valence-corrected chi connectivity index (χ0v) is 17.2. The van der Waals surface area contributed by atoms with Crippen molar-refractivity contribution in [3.63, 3.8) is 0 Å². The second-order valence-corrected chi connectivity index (χ2v) is 8.96. The van der Waals surface area contributed by atoms with Gasteiger partial charge in [-0.15, -0.1) is 0 Å². The van der Waals surface area contributed by atoms with Gasteiger partial charge in [0.25, 0.3) is 0 Å². The largest absolute Gasteiger partial charge is 0.164 e. The summed E-state index contributed by atoms with van der Waals surface area (Å²) in [6.07, 6.45) is 10.2. The van der Waals surface area contributed by atoms with Crippen LogP contribution in [0.1, 0.15) is 70.4 Å². The first-order valence-electron chi connectivity index (χ1n) is 10.2. The van der Waals surface area contributed by atoms with Gasteiger partial charge in [-0.1, -0.05) is 70.4 Å². The van der Waals surface area contributed by atoms with Crippen LogP contribution >= 0.6 is 0 Å². The molecule has 1 heteroatoms. The highest BCUT2D eigenvalue weighted by atomic mass is 32.2. The highest BCUT2D eigenvalue weighted by molar-refractivity contribution is 7.97. The van der Waals surface area contributed by atoms with Gasteiger partial charge in [-0.3, -0.25) is 0 Å². The lowest BCUT2D eigenvalue weighted by molar-refractivity contribution is 0.748. The summed E-state index contributed by atoms with van der Waals surface area (Å²) in [5, 5.41) is 0. The third-order valence-electron chi connectivity index (χ3n) is 4.81. The second-order valence-electron chi connectivity index (χ2n) is 6.86. The predicted molar refractivity (Wildman–Crippen MR) is 114 cm³/mol. The Morgan fingerprint density at radius 1 is 0.680 bits per heavy atom. The van der Waals surface area contributed by atoms with Crippen LogP contribution in [0, 0.1) is 0 Å². The third-order valence-corrected chi connectivity index (χ3v) is 7.26.